The Kier molecular flexibility index (Phi) is 5.05. The number of carboxylic acids is 2. The van der Waals surface area contributed by atoms with Gasteiger partial charge in [0.1, 0.15) is 0 Å². The van der Waals surface area contributed by atoms with Gasteiger partial charge in [0.25, 0.3) is 0 Å². The summed E-state index contributed by atoms with van der Waals surface area (Å²) in [4.78, 5) is 33.1. The maximum Gasteiger partial charge on any atom is 0.338 e. The predicted molar refractivity (Wildman–Crippen MR) is 65.3 cm³/mol. The summed E-state index contributed by atoms with van der Waals surface area (Å²) in [6.07, 6.45) is -0.156. The molecule has 0 aliphatic heterocycles. The molecule has 6 heteroatoms. The van der Waals surface area contributed by atoms with E-state index in [4.69, 9.17) is 14.9 Å². The van der Waals surface area contributed by atoms with Crippen molar-refractivity contribution >= 4 is 17.9 Å². The van der Waals surface area contributed by atoms with Crippen molar-refractivity contribution in [3.8, 4) is 0 Å². The third-order valence-corrected chi connectivity index (χ3v) is 2.45. The summed E-state index contributed by atoms with van der Waals surface area (Å²) < 4.78 is 4.81. The zero-order chi connectivity index (χ0) is 14.4. The largest absolute Gasteiger partial charge is 0.481 e. The lowest BCUT2D eigenvalue weighted by molar-refractivity contribution is -0.136. The van der Waals surface area contributed by atoms with E-state index in [1.807, 2.05) is 0 Å². The minimum atomic E-state index is -1.16. The maximum absolute atomic E-state index is 11.5. The lowest BCUT2D eigenvalue weighted by Crippen LogP contribution is -2.10. The van der Waals surface area contributed by atoms with E-state index in [1.165, 1.54) is 18.2 Å². The first-order chi connectivity index (χ1) is 8.95. The molecule has 19 heavy (non-hydrogen) atoms. The predicted octanol–water partition coefficient (Wildman–Crippen LogP) is 1.58. The van der Waals surface area contributed by atoms with Crippen LogP contribution >= 0.6 is 0 Å². The van der Waals surface area contributed by atoms with Crippen molar-refractivity contribution in [1.82, 2.24) is 0 Å². The van der Waals surface area contributed by atoms with Crippen LogP contribution in [-0.2, 0) is 16.0 Å². The molecule has 0 fully saturated rings. The smallest absolute Gasteiger partial charge is 0.338 e. The number of benzene rings is 1. The van der Waals surface area contributed by atoms with Crippen LogP contribution < -0.4 is 0 Å². The Morgan fingerprint density at radius 2 is 1.89 bits per heavy atom. The fourth-order valence-electron chi connectivity index (χ4n) is 1.59. The van der Waals surface area contributed by atoms with Gasteiger partial charge in [0.15, 0.2) is 0 Å². The molecule has 0 aromatic heterocycles. The molecular formula is C13H14O6. The van der Waals surface area contributed by atoms with Crippen molar-refractivity contribution in [2.75, 3.05) is 6.61 Å². The minimum Gasteiger partial charge on any atom is -0.481 e. The Balaban J connectivity index is 3.06. The summed E-state index contributed by atoms with van der Waals surface area (Å²) in [5.41, 5.74) is 0.516. The average Bonchev–Trinajstić information content (AvgIpc) is 2.36. The number of aromatic carboxylic acids is 1. The van der Waals surface area contributed by atoms with Crippen LogP contribution in [0.3, 0.4) is 0 Å². The summed E-state index contributed by atoms with van der Waals surface area (Å²) in [7, 11) is 0. The molecular weight excluding hydrogens is 252 g/mol. The molecule has 6 nitrogen and oxygen atoms in total. The van der Waals surface area contributed by atoms with Crippen LogP contribution in [0.4, 0.5) is 0 Å². The van der Waals surface area contributed by atoms with E-state index in [-0.39, 0.29) is 30.6 Å². The molecule has 0 saturated heterocycles. The monoisotopic (exact) mass is 266 g/mol. The van der Waals surface area contributed by atoms with E-state index in [9.17, 15) is 14.4 Å². The van der Waals surface area contributed by atoms with Crippen LogP contribution in [0, 0.1) is 0 Å². The molecule has 0 aliphatic rings. The Bertz CT molecular complexity index is 506. The first kappa shape index (κ1) is 14.7. The molecule has 0 spiro atoms. The van der Waals surface area contributed by atoms with Gasteiger partial charge in [-0.25, -0.2) is 9.59 Å². The second-order valence-electron chi connectivity index (χ2n) is 3.79. The van der Waals surface area contributed by atoms with Gasteiger partial charge in [-0.15, -0.1) is 0 Å². The topological polar surface area (TPSA) is 101 Å². The number of carbonyl (C=O) groups excluding carboxylic acids is 1. The van der Waals surface area contributed by atoms with E-state index in [0.717, 1.165) is 0 Å². The van der Waals surface area contributed by atoms with Crippen molar-refractivity contribution in [3.63, 3.8) is 0 Å². The molecule has 102 valence electrons. The third-order valence-electron chi connectivity index (χ3n) is 2.45. The Morgan fingerprint density at radius 3 is 2.42 bits per heavy atom. The van der Waals surface area contributed by atoms with Gasteiger partial charge in [0.2, 0.25) is 0 Å². The summed E-state index contributed by atoms with van der Waals surface area (Å²) >= 11 is 0. The fourth-order valence-corrected chi connectivity index (χ4v) is 1.59. The standard InChI is InChI=1S/C13H14O6/c1-2-19-13(18)9-3-5-10(12(16)17)8(7-9)4-6-11(14)15/h3,5,7H,2,4,6H2,1H3,(H,14,15)(H,16,17). The Hall–Kier alpha value is -2.37. The van der Waals surface area contributed by atoms with Gasteiger partial charge >= 0.3 is 17.9 Å². The van der Waals surface area contributed by atoms with Crippen molar-refractivity contribution in [3.05, 3.63) is 34.9 Å². The number of hydrogen-bond donors (Lipinski definition) is 2. The quantitative estimate of drug-likeness (QED) is 0.758. The molecule has 0 amide bonds. The molecule has 0 aliphatic carbocycles. The third kappa shape index (κ3) is 4.09. The van der Waals surface area contributed by atoms with E-state index in [1.54, 1.807) is 6.92 Å². The van der Waals surface area contributed by atoms with Crippen LogP contribution in [0.1, 0.15) is 39.6 Å². The van der Waals surface area contributed by atoms with Crippen LogP contribution in [0.25, 0.3) is 0 Å². The average molecular weight is 266 g/mol. The molecule has 0 unspecified atom stereocenters. The molecule has 1 aromatic rings. The molecule has 1 rings (SSSR count). The molecule has 0 atom stereocenters. The molecule has 2 N–H and O–H groups in total. The normalized spacial score (nSPS) is 9.95. The molecule has 0 bridgehead atoms. The minimum absolute atomic E-state index is 0.00528. The summed E-state index contributed by atoms with van der Waals surface area (Å²) in [5, 5.41) is 17.6. The van der Waals surface area contributed by atoms with E-state index in [2.05, 4.69) is 0 Å². The number of carbonyl (C=O) groups is 3. The van der Waals surface area contributed by atoms with Crippen molar-refractivity contribution in [1.29, 1.82) is 0 Å². The highest BCUT2D eigenvalue weighted by atomic mass is 16.5. The second-order valence-corrected chi connectivity index (χ2v) is 3.79. The van der Waals surface area contributed by atoms with E-state index < -0.39 is 17.9 Å². The molecule has 1 aromatic carbocycles. The van der Waals surface area contributed by atoms with Gasteiger partial charge in [-0.05, 0) is 37.1 Å². The zero-order valence-electron chi connectivity index (χ0n) is 10.4. The van der Waals surface area contributed by atoms with Gasteiger partial charge in [0.05, 0.1) is 17.7 Å². The van der Waals surface area contributed by atoms with Gasteiger partial charge < -0.3 is 14.9 Å². The highest BCUT2D eigenvalue weighted by Gasteiger charge is 2.15. The lowest BCUT2D eigenvalue weighted by Gasteiger charge is -2.08. The lowest BCUT2D eigenvalue weighted by atomic mass is 10.00. The van der Waals surface area contributed by atoms with Gasteiger partial charge in [-0.3, -0.25) is 4.79 Å². The van der Waals surface area contributed by atoms with Crippen molar-refractivity contribution in [2.45, 2.75) is 19.8 Å². The fraction of sp³-hybridized carbons (Fsp3) is 0.308. The van der Waals surface area contributed by atoms with Crippen molar-refractivity contribution in [2.24, 2.45) is 0 Å². The number of ether oxygens (including phenoxy) is 1. The SMILES string of the molecule is CCOC(=O)c1ccc(C(=O)O)c(CCC(=O)O)c1. The molecule has 0 heterocycles. The summed E-state index contributed by atoms with van der Waals surface area (Å²) in [6.45, 7) is 1.87. The number of aliphatic carboxylic acids is 1. The van der Waals surface area contributed by atoms with Crippen LogP contribution in [-0.4, -0.2) is 34.7 Å². The number of carboxylic acid groups (broad SMARTS) is 2. The van der Waals surface area contributed by atoms with E-state index in [0.29, 0.717) is 5.56 Å². The van der Waals surface area contributed by atoms with Crippen LogP contribution in [0.2, 0.25) is 0 Å². The second kappa shape index (κ2) is 6.53. The van der Waals surface area contributed by atoms with E-state index >= 15 is 0 Å². The highest BCUT2D eigenvalue weighted by molar-refractivity contribution is 5.94. The van der Waals surface area contributed by atoms with Crippen LogP contribution in [0.5, 0.6) is 0 Å². The van der Waals surface area contributed by atoms with Crippen molar-refractivity contribution < 1.29 is 29.3 Å². The summed E-state index contributed by atoms with van der Waals surface area (Å²) in [6, 6.07) is 4.00. The number of rotatable bonds is 6. The highest BCUT2D eigenvalue weighted by Crippen LogP contribution is 2.15. The van der Waals surface area contributed by atoms with Gasteiger partial charge in [0, 0.05) is 6.42 Å². The number of aryl methyl sites for hydroxylation is 1. The summed E-state index contributed by atoms with van der Waals surface area (Å²) in [5.74, 6) is -2.75. The Morgan fingerprint density at radius 1 is 1.21 bits per heavy atom. The molecule has 0 saturated carbocycles. The zero-order valence-corrected chi connectivity index (χ0v) is 10.4. The maximum atomic E-state index is 11.5. The number of esters is 1. The van der Waals surface area contributed by atoms with Crippen LogP contribution in [0.15, 0.2) is 18.2 Å². The first-order valence-corrected chi connectivity index (χ1v) is 5.70. The van der Waals surface area contributed by atoms with Gasteiger partial charge in [-0.2, -0.15) is 0 Å². The van der Waals surface area contributed by atoms with Gasteiger partial charge in [-0.1, -0.05) is 0 Å². The Labute approximate surface area is 109 Å². The first-order valence-electron chi connectivity index (χ1n) is 5.70. The molecule has 0 radical (unpaired) electrons. The number of hydrogen-bond acceptors (Lipinski definition) is 4.